The summed E-state index contributed by atoms with van der Waals surface area (Å²) >= 11 is 5.63. The number of nitrogens with one attached hydrogen (secondary N) is 1. The molecule has 3 aromatic rings. The Bertz CT molecular complexity index is 988. The second-order valence-corrected chi connectivity index (χ2v) is 5.59. The second-order valence-electron chi connectivity index (χ2n) is 5.15. The van der Waals surface area contributed by atoms with Gasteiger partial charge in [0.15, 0.2) is 23.3 Å². The Balaban J connectivity index is 0.000000228. The van der Waals surface area contributed by atoms with E-state index in [4.69, 9.17) is 22.1 Å². The number of aromatic nitrogens is 1. The van der Waals surface area contributed by atoms with Gasteiger partial charge in [-0.1, -0.05) is 23.7 Å². The van der Waals surface area contributed by atoms with E-state index in [1.807, 2.05) is 24.3 Å². The molecule has 0 fully saturated rings. The SMILES string of the molecule is COc1c(F)c(F)cc2c(=O)c(C=O)c[nH]c12.NCc1ccc(Cl)cc1. The van der Waals surface area contributed by atoms with Crippen LogP contribution in [0.15, 0.2) is 41.3 Å². The molecular formula is C18H15ClF2N2O3. The number of carbonyl (C=O) groups excluding carboxylic acids is 1. The topological polar surface area (TPSA) is 85.2 Å². The third-order valence-electron chi connectivity index (χ3n) is 3.54. The van der Waals surface area contributed by atoms with E-state index in [0.29, 0.717) is 12.8 Å². The van der Waals surface area contributed by atoms with E-state index in [9.17, 15) is 18.4 Å². The van der Waals surface area contributed by atoms with Gasteiger partial charge in [0.1, 0.15) is 0 Å². The van der Waals surface area contributed by atoms with Crippen LogP contribution in [0.5, 0.6) is 5.75 Å². The molecule has 0 radical (unpaired) electrons. The maximum Gasteiger partial charge on any atom is 0.202 e. The van der Waals surface area contributed by atoms with Gasteiger partial charge in [-0.15, -0.1) is 0 Å². The van der Waals surface area contributed by atoms with E-state index in [1.165, 1.54) is 0 Å². The lowest BCUT2D eigenvalue weighted by molar-refractivity contribution is 0.112. The van der Waals surface area contributed by atoms with Crippen molar-refractivity contribution in [1.29, 1.82) is 0 Å². The molecule has 3 N–H and O–H groups in total. The molecule has 26 heavy (non-hydrogen) atoms. The number of carbonyl (C=O) groups is 1. The number of halogens is 3. The molecule has 0 aliphatic rings. The van der Waals surface area contributed by atoms with Crippen LogP contribution in [-0.2, 0) is 6.54 Å². The number of aldehydes is 1. The molecule has 0 bridgehead atoms. The van der Waals surface area contributed by atoms with Gasteiger partial charge in [-0.3, -0.25) is 9.59 Å². The predicted molar refractivity (Wildman–Crippen MR) is 95.8 cm³/mol. The van der Waals surface area contributed by atoms with E-state index in [-0.39, 0.29) is 16.5 Å². The summed E-state index contributed by atoms with van der Waals surface area (Å²) in [6.07, 6.45) is 1.46. The molecule has 1 aromatic heterocycles. The molecule has 0 atom stereocenters. The zero-order valence-corrected chi connectivity index (χ0v) is 14.4. The number of hydrogen-bond acceptors (Lipinski definition) is 4. The average Bonchev–Trinajstić information content (AvgIpc) is 2.65. The van der Waals surface area contributed by atoms with Crippen molar-refractivity contribution < 1.29 is 18.3 Å². The van der Waals surface area contributed by atoms with Gasteiger partial charge in [-0.2, -0.15) is 4.39 Å². The minimum atomic E-state index is -1.21. The van der Waals surface area contributed by atoms with Crippen LogP contribution in [-0.4, -0.2) is 18.4 Å². The van der Waals surface area contributed by atoms with Gasteiger partial charge in [0.25, 0.3) is 0 Å². The van der Waals surface area contributed by atoms with Gasteiger partial charge >= 0.3 is 0 Å². The van der Waals surface area contributed by atoms with E-state index in [1.54, 1.807) is 0 Å². The molecule has 0 spiro atoms. The highest BCUT2D eigenvalue weighted by atomic mass is 35.5. The Kier molecular flexibility index (Phi) is 6.43. The Morgan fingerprint density at radius 1 is 1.27 bits per heavy atom. The van der Waals surface area contributed by atoms with E-state index < -0.39 is 22.8 Å². The van der Waals surface area contributed by atoms with E-state index in [0.717, 1.165) is 30.0 Å². The molecule has 0 aliphatic carbocycles. The minimum Gasteiger partial charge on any atom is -0.491 e. The molecule has 0 saturated carbocycles. The largest absolute Gasteiger partial charge is 0.491 e. The number of H-pyrrole nitrogens is 1. The second kappa shape index (κ2) is 8.55. The summed E-state index contributed by atoms with van der Waals surface area (Å²) in [4.78, 5) is 24.8. The number of pyridine rings is 1. The fraction of sp³-hybridized carbons (Fsp3) is 0.111. The van der Waals surface area contributed by atoms with Crippen molar-refractivity contribution in [2.45, 2.75) is 6.54 Å². The van der Waals surface area contributed by atoms with Crippen LogP contribution in [0.2, 0.25) is 5.02 Å². The number of fused-ring (bicyclic) bond motifs is 1. The monoisotopic (exact) mass is 380 g/mol. The summed E-state index contributed by atoms with van der Waals surface area (Å²) in [6.45, 7) is 0.581. The highest BCUT2D eigenvalue weighted by Crippen LogP contribution is 2.27. The average molecular weight is 381 g/mol. The zero-order valence-electron chi connectivity index (χ0n) is 13.7. The lowest BCUT2D eigenvalue weighted by atomic mass is 10.1. The predicted octanol–water partition coefficient (Wildman–Crippen LogP) is 3.43. The third-order valence-corrected chi connectivity index (χ3v) is 3.79. The Morgan fingerprint density at radius 3 is 2.46 bits per heavy atom. The summed E-state index contributed by atoms with van der Waals surface area (Å²) in [5, 5.41) is 0.623. The van der Waals surface area contributed by atoms with Crippen LogP contribution >= 0.6 is 11.6 Å². The van der Waals surface area contributed by atoms with Gasteiger partial charge < -0.3 is 15.5 Å². The third kappa shape index (κ3) is 4.07. The molecule has 2 aromatic carbocycles. The smallest absolute Gasteiger partial charge is 0.202 e. The van der Waals surface area contributed by atoms with Gasteiger partial charge in [-0.05, 0) is 23.8 Å². The first-order valence-electron chi connectivity index (χ1n) is 7.40. The lowest BCUT2D eigenvalue weighted by Crippen LogP contribution is -2.11. The molecule has 0 saturated heterocycles. The number of ether oxygens (including phenoxy) is 1. The number of benzene rings is 2. The molecule has 136 valence electrons. The lowest BCUT2D eigenvalue weighted by Gasteiger charge is -2.07. The molecule has 0 unspecified atom stereocenters. The van der Waals surface area contributed by atoms with Crippen molar-refractivity contribution in [2.24, 2.45) is 5.73 Å². The summed E-state index contributed by atoms with van der Waals surface area (Å²) in [5.41, 5.74) is 5.65. The highest BCUT2D eigenvalue weighted by Gasteiger charge is 2.17. The normalized spacial score (nSPS) is 10.2. The van der Waals surface area contributed by atoms with Gasteiger partial charge in [-0.25, -0.2) is 4.39 Å². The number of nitrogens with two attached hydrogens (primary N) is 1. The molecule has 5 nitrogen and oxygen atoms in total. The summed E-state index contributed by atoms with van der Waals surface area (Å²) in [7, 11) is 1.16. The maximum absolute atomic E-state index is 13.4. The van der Waals surface area contributed by atoms with Crippen molar-refractivity contribution in [3.8, 4) is 5.75 Å². The van der Waals surface area contributed by atoms with Gasteiger partial charge in [0.05, 0.1) is 23.6 Å². The quantitative estimate of drug-likeness (QED) is 0.682. The number of rotatable bonds is 3. The first-order chi connectivity index (χ1) is 12.4. The van der Waals surface area contributed by atoms with Crippen molar-refractivity contribution in [3.05, 3.63) is 74.5 Å². The molecule has 0 amide bonds. The van der Waals surface area contributed by atoms with Crippen molar-refractivity contribution in [2.75, 3.05) is 7.11 Å². The first kappa shape index (κ1) is 19.6. The number of methoxy groups -OCH3 is 1. The summed E-state index contributed by atoms with van der Waals surface area (Å²) < 4.78 is 31.3. The van der Waals surface area contributed by atoms with Gasteiger partial charge in [0.2, 0.25) is 5.82 Å². The van der Waals surface area contributed by atoms with Crippen LogP contribution in [0.4, 0.5) is 8.78 Å². The van der Waals surface area contributed by atoms with Crippen LogP contribution in [0.1, 0.15) is 15.9 Å². The van der Waals surface area contributed by atoms with Crippen LogP contribution in [0.25, 0.3) is 10.9 Å². The fourth-order valence-corrected chi connectivity index (χ4v) is 2.32. The fourth-order valence-electron chi connectivity index (χ4n) is 2.20. The van der Waals surface area contributed by atoms with Gasteiger partial charge in [0, 0.05) is 17.8 Å². The molecule has 0 aliphatic heterocycles. The standard InChI is InChI=1S/C11H7F2NO3.C7H8ClN/c1-17-11-8(13)7(12)2-6-9(11)14-3-5(4-15)10(6)16;8-7-3-1-6(5-9)2-4-7/h2-4H,1H3,(H,14,16);1-4H,5,9H2. The highest BCUT2D eigenvalue weighted by molar-refractivity contribution is 6.30. The number of aromatic amines is 1. The Morgan fingerprint density at radius 2 is 1.92 bits per heavy atom. The Labute approximate surface area is 152 Å². The van der Waals surface area contributed by atoms with Crippen molar-refractivity contribution in [1.82, 2.24) is 4.98 Å². The number of hydrogen-bond donors (Lipinski definition) is 2. The summed E-state index contributed by atoms with van der Waals surface area (Å²) in [5.74, 6) is -2.79. The van der Waals surface area contributed by atoms with E-state index in [2.05, 4.69) is 4.98 Å². The van der Waals surface area contributed by atoms with Crippen LogP contribution in [0, 0.1) is 11.6 Å². The molecule has 1 heterocycles. The summed E-state index contributed by atoms with van der Waals surface area (Å²) in [6, 6.07) is 8.25. The van der Waals surface area contributed by atoms with Crippen molar-refractivity contribution in [3.63, 3.8) is 0 Å². The van der Waals surface area contributed by atoms with Crippen LogP contribution < -0.4 is 15.9 Å². The van der Waals surface area contributed by atoms with E-state index >= 15 is 0 Å². The first-order valence-corrected chi connectivity index (χ1v) is 7.77. The molecule has 8 heteroatoms. The van der Waals surface area contributed by atoms with Crippen molar-refractivity contribution >= 4 is 28.8 Å². The zero-order chi connectivity index (χ0) is 19.3. The minimum absolute atomic E-state index is 0.0157. The maximum atomic E-state index is 13.4. The Hall–Kier alpha value is -2.77. The molecular weight excluding hydrogens is 366 g/mol. The van der Waals surface area contributed by atoms with Crippen LogP contribution in [0.3, 0.4) is 0 Å². The molecule has 3 rings (SSSR count).